The normalized spacial score (nSPS) is 17.3. The topological polar surface area (TPSA) is 67.1 Å². The number of hydrogen-bond acceptors (Lipinski definition) is 6. The molecule has 1 saturated heterocycles. The molecule has 0 atom stereocenters. The van der Waals surface area contributed by atoms with Gasteiger partial charge >= 0.3 is 0 Å². The summed E-state index contributed by atoms with van der Waals surface area (Å²) in [6.45, 7) is 4.89. The van der Waals surface area contributed by atoms with Crippen LogP contribution < -0.4 is 5.32 Å². The lowest BCUT2D eigenvalue weighted by molar-refractivity contribution is 0.239. The van der Waals surface area contributed by atoms with Crippen LogP contribution in [0.15, 0.2) is 28.9 Å². The second-order valence-corrected chi connectivity index (χ2v) is 4.61. The molecule has 6 nitrogen and oxygen atoms in total. The van der Waals surface area contributed by atoms with Crippen molar-refractivity contribution in [1.82, 2.24) is 25.3 Å². The Labute approximate surface area is 111 Å². The van der Waals surface area contributed by atoms with E-state index in [4.69, 9.17) is 4.52 Å². The Bertz CT molecular complexity index is 505. The SMILES string of the molecule is c1ccc(-c2noc(CN3CCCNCC3)n2)nc1. The lowest BCUT2D eigenvalue weighted by Gasteiger charge is -2.16. The van der Waals surface area contributed by atoms with Crippen molar-refractivity contribution in [2.45, 2.75) is 13.0 Å². The first kappa shape index (κ1) is 12.3. The Morgan fingerprint density at radius 3 is 3.16 bits per heavy atom. The van der Waals surface area contributed by atoms with Crippen molar-refractivity contribution in [1.29, 1.82) is 0 Å². The van der Waals surface area contributed by atoms with Crippen LogP contribution >= 0.6 is 0 Å². The van der Waals surface area contributed by atoms with Crippen LogP contribution in [0.4, 0.5) is 0 Å². The minimum absolute atomic E-state index is 0.559. The van der Waals surface area contributed by atoms with Crippen molar-refractivity contribution in [3.63, 3.8) is 0 Å². The van der Waals surface area contributed by atoms with Gasteiger partial charge in [0, 0.05) is 19.3 Å². The Morgan fingerprint density at radius 2 is 2.26 bits per heavy atom. The number of hydrogen-bond donors (Lipinski definition) is 1. The molecule has 0 unspecified atom stereocenters. The second kappa shape index (κ2) is 5.90. The van der Waals surface area contributed by atoms with E-state index < -0.39 is 0 Å². The lowest BCUT2D eigenvalue weighted by Crippen LogP contribution is -2.27. The fraction of sp³-hybridized carbons (Fsp3) is 0.462. The lowest BCUT2D eigenvalue weighted by atomic mass is 10.3. The van der Waals surface area contributed by atoms with Gasteiger partial charge in [-0.1, -0.05) is 11.2 Å². The Balaban J connectivity index is 1.68. The molecular formula is C13H17N5O. The van der Waals surface area contributed by atoms with Gasteiger partial charge < -0.3 is 9.84 Å². The van der Waals surface area contributed by atoms with Crippen LogP contribution in [0, 0.1) is 0 Å². The van der Waals surface area contributed by atoms with Gasteiger partial charge in [-0.25, -0.2) is 0 Å². The molecule has 19 heavy (non-hydrogen) atoms. The molecular weight excluding hydrogens is 242 g/mol. The summed E-state index contributed by atoms with van der Waals surface area (Å²) in [7, 11) is 0. The van der Waals surface area contributed by atoms with Crippen LogP contribution in [-0.4, -0.2) is 46.2 Å². The van der Waals surface area contributed by atoms with Gasteiger partial charge in [-0.2, -0.15) is 4.98 Å². The average Bonchev–Trinajstić information content (AvgIpc) is 2.76. The molecule has 2 aromatic rings. The summed E-state index contributed by atoms with van der Waals surface area (Å²) in [5, 5.41) is 7.36. The summed E-state index contributed by atoms with van der Waals surface area (Å²) in [5.74, 6) is 1.21. The monoisotopic (exact) mass is 259 g/mol. The third kappa shape index (κ3) is 3.15. The molecule has 3 heterocycles. The zero-order valence-electron chi connectivity index (χ0n) is 10.7. The molecule has 0 bridgehead atoms. The maximum Gasteiger partial charge on any atom is 0.241 e. The van der Waals surface area contributed by atoms with Crippen LogP contribution in [0.2, 0.25) is 0 Å². The minimum Gasteiger partial charge on any atom is -0.337 e. The van der Waals surface area contributed by atoms with Gasteiger partial charge in [0.15, 0.2) is 0 Å². The van der Waals surface area contributed by atoms with Crippen molar-refractivity contribution in [2.75, 3.05) is 26.2 Å². The number of nitrogens with zero attached hydrogens (tertiary/aromatic N) is 4. The van der Waals surface area contributed by atoms with Gasteiger partial charge in [-0.15, -0.1) is 0 Å². The summed E-state index contributed by atoms with van der Waals surface area (Å²) in [5.41, 5.74) is 0.745. The number of nitrogens with one attached hydrogen (secondary N) is 1. The van der Waals surface area contributed by atoms with E-state index in [0.717, 1.165) is 38.3 Å². The van der Waals surface area contributed by atoms with Gasteiger partial charge in [-0.05, 0) is 31.6 Å². The van der Waals surface area contributed by atoms with Crippen LogP contribution in [0.3, 0.4) is 0 Å². The second-order valence-electron chi connectivity index (χ2n) is 4.61. The molecule has 100 valence electrons. The molecule has 1 aliphatic heterocycles. The molecule has 0 radical (unpaired) electrons. The van der Waals surface area contributed by atoms with E-state index in [1.54, 1.807) is 6.20 Å². The first-order chi connectivity index (χ1) is 9.42. The highest BCUT2D eigenvalue weighted by Gasteiger charge is 2.14. The Morgan fingerprint density at radius 1 is 1.26 bits per heavy atom. The maximum atomic E-state index is 5.30. The van der Waals surface area contributed by atoms with E-state index in [-0.39, 0.29) is 0 Å². The van der Waals surface area contributed by atoms with Crippen LogP contribution in [-0.2, 0) is 6.54 Å². The predicted octanol–water partition coefficient (Wildman–Crippen LogP) is 0.927. The highest BCUT2D eigenvalue weighted by atomic mass is 16.5. The smallest absolute Gasteiger partial charge is 0.241 e. The Hall–Kier alpha value is -1.79. The third-order valence-electron chi connectivity index (χ3n) is 3.15. The predicted molar refractivity (Wildman–Crippen MR) is 70.3 cm³/mol. The molecule has 0 aliphatic carbocycles. The minimum atomic E-state index is 0.559. The molecule has 0 saturated carbocycles. The van der Waals surface area contributed by atoms with Crippen molar-refractivity contribution in [3.05, 3.63) is 30.3 Å². The maximum absolute atomic E-state index is 5.30. The van der Waals surface area contributed by atoms with E-state index >= 15 is 0 Å². The van der Waals surface area contributed by atoms with Crippen molar-refractivity contribution >= 4 is 0 Å². The molecule has 0 spiro atoms. The summed E-state index contributed by atoms with van der Waals surface area (Å²) in [6, 6.07) is 5.66. The number of pyridine rings is 1. The van der Waals surface area contributed by atoms with E-state index in [1.165, 1.54) is 0 Å². The largest absolute Gasteiger partial charge is 0.337 e. The van der Waals surface area contributed by atoms with Gasteiger partial charge in [0.05, 0.1) is 6.54 Å². The molecule has 1 N–H and O–H groups in total. The standard InChI is InChI=1S/C13H17N5O/c1-2-6-15-11(4-1)13-16-12(19-17-13)10-18-8-3-5-14-7-9-18/h1-2,4,6,14H,3,5,7-10H2. The van der Waals surface area contributed by atoms with E-state index in [9.17, 15) is 0 Å². The average molecular weight is 259 g/mol. The number of rotatable bonds is 3. The Kier molecular flexibility index (Phi) is 3.81. The zero-order chi connectivity index (χ0) is 12.9. The van der Waals surface area contributed by atoms with Crippen LogP contribution in [0.5, 0.6) is 0 Å². The molecule has 1 fully saturated rings. The van der Waals surface area contributed by atoms with Crippen LogP contribution in [0.1, 0.15) is 12.3 Å². The highest BCUT2D eigenvalue weighted by Crippen LogP contribution is 2.13. The first-order valence-corrected chi connectivity index (χ1v) is 6.59. The summed E-state index contributed by atoms with van der Waals surface area (Å²) in [6.07, 6.45) is 2.88. The molecule has 0 amide bonds. The summed E-state index contributed by atoms with van der Waals surface area (Å²) < 4.78 is 5.30. The molecule has 2 aromatic heterocycles. The first-order valence-electron chi connectivity index (χ1n) is 6.59. The molecule has 6 heteroatoms. The van der Waals surface area contributed by atoms with Crippen molar-refractivity contribution in [3.8, 4) is 11.5 Å². The molecule has 1 aliphatic rings. The van der Waals surface area contributed by atoms with Gasteiger partial charge in [0.1, 0.15) is 5.69 Å². The van der Waals surface area contributed by atoms with Gasteiger partial charge in [-0.3, -0.25) is 9.88 Å². The summed E-state index contributed by atoms with van der Waals surface area (Å²) in [4.78, 5) is 10.9. The summed E-state index contributed by atoms with van der Waals surface area (Å²) >= 11 is 0. The molecule has 0 aromatic carbocycles. The van der Waals surface area contributed by atoms with Gasteiger partial charge in [0.2, 0.25) is 11.7 Å². The number of aromatic nitrogens is 3. The van der Waals surface area contributed by atoms with Gasteiger partial charge in [0.25, 0.3) is 0 Å². The third-order valence-corrected chi connectivity index (χ3v) is 3.15. The zero-order valence-corrected chi connectivity index (χ0v) is 10.7. The van der Waals surface area contributed by atoms with Crippen molar-refractivity contribution in [2.24, 2.45) is 0 Å². The van der Waals surface area contributed by atoms with E-state index in [1.807, 2.05) is 18.2 Å². The van der Waals surface area contributed by atoms with E-state index in [0.29, 0.717) is 18.3 Å². The molecule has 3 rings (SSSR count). The van der Waals surface area contributed by atoms with Crippen LogP contribution in [0.25, 0.3) is 11.5 Å². The fourth-order valence-corrected chi connectivity index (χ4v) is 2.17. The fourth-order valence-electron chi connectivity index (χ4n) is 2.17. The van der Waals surface area contributed by atoms with Crippen molar-refractivity contribution < 1.29 is 4.52 Å². The quantitative estimate of drug-likeness (QED) is 0.884. The van der Waals surface area contributed by atoms with E-state index in [2.05, 4.69) is 25.3 Å². The highest BCUT2D eigenvalue weighted by molar-refractivity contribution is 5.46.